The molecule has 0 aliphatic rings. The number of hydrogen-bond acceptors (Lipinski definition) is 7. The quantitative estimate of drug-likeness (QED) is 0.628. The number of aromatic nitrogens is 1. The normalized spacial score (nSPS) is 11.5. The van der Waals surface area contributed by atoms with Gasteiger partial charge in [-0.1, -0.05) is 12.1 Å². The van der Waals surface area contributed by atoms with E-state index in [0.717, 1.165) is 11.3 Å². The molecule has 0 saturated heterocycles. The smallest absolute Gasteiger partial charge is 0.271 e. The maximum absolute atomic E-state index is 12.2. The lowest BCUT2D eigenvalue weighted by Gasteiger charge is -2.05. The molecule has 7 nitrogen and oxygen atoms in total. The Labute approximate surface area is 150 Å². The number of thiazole rings is 1. The van der Waals surface area contributed by atoms with Gasteiger partial charge in [-0.3, -0.25) is 4.79 Å². The molecule has 2 rings (SSSR count). The zero-order chi connectivity index (χ0) is 18.1. The fraction of sp³-hybridized carbons (Fsp3) is 0.235. The van der Waals surface area contributed by atoms with Crippen molar-refractivity contribution in [2.45, 2.75) is 13.0 Å². The van der Waals surface area contributed by atoms with Gasteiger partial charge in [0.05, 0.1) is 12.9 Å². The van der Waals surface area contributed by atoms with Gasteiger partial charge in [0.15, 0.2) is 5.13 Å². The second-order valence-electron chi connectivity index (χ2n) is 5.03. The second kappa shape index (κ2) is 9.43. The third kappa shape index (κ3) is 5.92. The van der Waals surface area contributed by atoms with Crippen LogP contribution in [0.2, 0.25) is 0 Å². The van der Waals surface area contributed by atoms with E-state index in [2.05, 4.69) is 20.6 Å². The molecule has 0 spiro atoms. The van der Waals surface area contributed by atoms with Crippen LogP contribution in [0, 0.1) is 0 Å². The topological polar surface area (TPSA) is 102 Å². The van der Waals surface area contributed by atoms with Crippen LogP contribution in [-0.2, 0) is 6.54 Å². The molecular formula is C17H21N5O2S. The highest BCUT2D eigenvalue weighted by molar-refractivity contribution is 7.13. The minimum Gasteiger partial charge on any atom is -0.497 e. The molecular weight excluding hydrogens is 338 g/mol. The van der Waals surface area contributed by atoms with Crippen LogP contribution < -0.4 is 21.1 Å². The van der Waals surface area contributed by atoms with Gasteiger partial charge in [0.25, 0.3) is 5.91 Å². The largest absolute Gasteiger partial charge is 0.497 e. The molecule has 0 bridgehead atoms. The molecule has 0 fully saturated rings. The van der Waals surface area contributed by atoms with Gasteiger partial charge >= 0.3 is 0 Å². The van der Waals surface area contributed by atoms with Crippen LogP contribution in [0.15, 0.2) is 46.5 Å². The van der Waals surface area contributed by atoms with Gasteiger partial charge in [-0.15, -0.1) is 11.3 Å². The van der Waals surface area contributed by atoms with Crippen LogP contribution in [0.25, 0.3) is 0 Å². The first kappa shape index (κ1) is 18.5. The van der Waals surface area contributed by atoms with Gasteiger partial charge in [-0.2, -0.15) is 0 Å². The summed E-state index contributed by atoms with van der Waals surface area (Å²) in [5.41, 5.74) is 7.16. The molecule has 132 valence electrons. The van der Waals surface area contributed by atoms with Crippen LogP contribution >= 0.6 is 11.3 Å². The summed E-state index contributed by atoms with van der Waals surface area (Å²) in [6.45, 7) is 0.418. The van der Waals surface area contributed by atoms with Crippen molar-refractivity contribution in [2.75, 3.05) is 19.5 Å². The van der Waals surface area contributed by atoms with E-state index in [-0.39, 0.29) is 5.91 Å². The van der Waals surface area contributed by atoms with E-state index in [4.69, 9.17) is 10.5 Å². The van der Waals surface area contributed by atoms with Crippen molar-refractivity contribution in [1.29, 1.82) is 0 Å². The van der Waals surface area contributed by atoms with Crippen LogP contribution in [-0.4, -0.2) is 31.3 Å². The fourth-order valence-corrected chi connectivity index (χ4v) is 2.62. The molecule has 1 heterocycles. The minimum atomic E-state index is -0.235. The molecule has 8 heteroatoms. The van der Waals surface area contributed by atoms with E-state index in [1.54, 1.807) is 31.8 Å². The van der Waals surface area contributed by atoms with Gasteiger partial charge in [0.1, 0.15) is 11.4 Å². The second-order valence-corrected chi connectivity index (χ2v) is 5.89. The summed E-state index contributed by atoms with van der Waals surface area (Å²) in [7, 11) is 3.32. The Balaban J connectivity index is 1.87. The first-order valence-electron chi connectivity index (χ1n) is 7.62. The molecule has 4 N–H and O–H groups in total. The van der Waals surface area contributed by atoms with Crippen molar-refractivity contribution < 1.29 is 9.53 Å². The van der Waals surface area contributed by atoms with E-state index in [1.807, 2.05) is 24.3 Å². The maximum atomic E-state index is 12.2. The Bertz CT molecular complexity index is 753. The van der Waals surface area contributed by atoms with Crippen LogP contribution in [0.4, 0.5) is 5.13 Å². The number of benzene rings is 1. The van der Waals surface area contributed by atoms with Gasteiger partial charge in [0, 0.05) is 31.6 Å². The minimum absolute atomic E-state index is 0.235. The SMILES string of the molecule is CN=CC/C=C(\N)Nc1nc(C(=O)NCc2ccc(OC)cc2)cs1. The van der Waals surface area contributed by atoms with Crippen molar-refractivity contribution in [1.82, 2.24) is 10.3 Å². The number of carbonyl (C=O) groups is 1. The standard InChI is InChI=1S/C17H21N5O2S/c1-19-9-3-4-15(18)22-17-21-14(11-25-17)16(23)20-10-12-5-7-13(24-2)8-6-12/h4-9,11H,3,10,18H2,1-2H3,(H,20,23)(H,21,22)/b15-4+,19-9?. The van der Waals surface area contributed by atoms with Crippen molar-refractivity contribution in [2.24, 2.45) is 10.7 Å². The molecule has 0 atom stereocenters. The van der Waals surface area contributed by atoms with Crippen LogP contribution in [0.1, 0.15) is 22.5 Å². The average Bonchev–Trinajstić information content (AvgIpc) is 3.09. The molecule has 1 aromatic heterocycles. The summed E-state index contributed by atoms with van der Waals surface area (Å²) >= 11 is 1.32. The highest BCUT2D eigenvalue weighted by Crippen LogP contribution is 2.17. The fourth-order valence-electron chi connectivity index (χ4n) is 1.91. The molecule has 0 radical (unpaired) electrons. The number of ether oxygens (including phenoxy) is 1. The van der Waals surface area contributed by atoms with Gasteiger partial charge in [-0.25, -0.2) is 4.98 Å². The zero-order valence-corrected chi connectivity index (χ0v) is 15.0. The van der Waals surface area contributed by atoms with Crippen molar-refractivity contribution in [3.8, 4) is 5.75 Å². The maximum Gasteiger partial charge on any atom is 0.271 e. The summed E-state index contributed by atoms with van der Waals surface area (Å²) in [5, 5.41) is 8.04. The van der Waals surface area contributed by atoms with Gasteiger partial charge < -0.3 is 26.1 Å². The number of nitrogens with one attached hydrogen (secondary N) is 2. The van der Waals surface area contributed by atoms with Gasteiger partial charge in [0.2, 0.25) is 0 Å². The highest BCUT2D eigenvalue weighted by atomic mass is 32.1. The predicted octanol–water partition coefficient (Wildman–Crippen LogP) is 2.38. The number of allylic oxidation sites excluding steroid dienone is 1. The van der Waals surface area contributed by atoms with Crippen molar-refractivity contribution >= 4 is 28.6 Å². The lowest BCUT2D eigenvalue weighted by molar-refractivity contribution is 0.0946. The third-order valence-electron chi connectivity index (χ3n) is 3.23. The van der Waals surface area contributed by atoms with Crippen molar-refractivity contribution in [3.63, 3.8) is 0 Å². The Morgan fingerprint density at radius 2 is 2.16 bits per heavy atom. The number of methoxy groups -OCH3 is 1. The number of carbonyl (C=O) groups excluding carboxylic acids is 1. The summed E-state index contributed by atoms with van der Waals surface area (Å²) < 4.78 is 5.10. The number of nitrogens with zero attached hydrogens (tertiary/aromatic N) is 2. The number of hydrogen-bond donors (Lipinski definition) is 3. The van der Waals surface area contributed by atoms with E-state index >= 15 is 0 Å². The van der Waals surface area contributed by atoms with E-state index < -0.39 is 0 Å². The molecule has 0 saturated carbocycles. The molecule has 0 unspecified atom stereocenters. The van der Waals surface area contributed by atoms with Crippen LogP contribution in [0.3, 0.4) is 0 Å². The van der Waals surface area contributed by atoms with Gasteiger partial charge in [-0.05, 0) is 23.8 Å². The lowest BCUT2D eigenvalue weighted by Crippen LogP contribution is -2.23. The van der Waals surface area contributed by atoms with Crippen molar-refractivity contribution in [3.05, 3.63) is 52.8 Å². The monoisotopic (exact) mass is 359 g/mol. The Morgan fingerprint density at radius 3 is 2.84 bits per heavy atom. The molecule has 1 amide bonds. The first-order valence-corrected chi connectivity index (χ1v) is 8.50. The summed E-state index contributed by atoms with van der Waals surface area (Å²) in [5.74, 6) is 1.02. The molecule has 1 aromatic carbocycles. The van der Waals surface area contributed by atoms with E-state index in [0.29, 0.717) is 29.6 Å². The molecule has 25 heavy (non-hydrogen) atoms. The van der Waals surface area contributed by atoms with Crippen LogP contribution in [0.5, 0.6) is 5.75 Å². The lowest BCUT2D eigenvalue weighted by atomic mass is 10.2. The zero-order valence-electron chi connectivity index (χ0n) is 14.2. The summed E-state index contributed by atoms with van der Waals surface area (Å²) in [4.78, 5) is 20.3. The Kier molecular flexibility index (Phi) is 6.97. The number of amides is 1. The average molecular weight is 359 g/mol. The number of anilines is 1. The molecule has 2 aromatic rings. The number of aliphatic imine (C=N–C) groups is 1. The first-order chi connectivity index (χ1) is 12.1. The highest BCUT2D eigenvalue weighted by Gasteiger charge is 2.10. The summed E-state index contributed by atoms with van der Waals surface area (Å²) in [6, 6.07) is 7.51. The van der Waals surface area contributed by atoms with E-state index in [1.165, 1.54) is 11.3 Å². The van der Waals surface area contributed by atoms with E-state index in [9.17, 15) is 4.79 Å². The molecule has 0 aliphatic carbocycles. The Hall–Kier alpha value is -2.87. The third-order valence-corrected chi connectivity index (χ3v) is 3.98. The summed E-state index contributed by atoms with van der Waals surface area (Å²) in [6.07, 6.45) is 4.17. The Morgan fingerprint density at radius 1 is 1.40 bits per heavy atom. The number of nitrogens with two attached hydrogens (primary N) is 1. The molecule has 0 aliphatic heterocycles. The predicted molar refractivity (Wildman–Crippen MR) is 101 cm³/mol. The number of rotatable bonds is 8.